The topological polar surface area (TPSA) is 104 Å². The smallest absolute Gasteiger partial charge is 0.325 e. The lowest BCUT2D eigenvalue weighted by Gasteiger charge is -2.43. The van der Waals surface area contributed by atoms with Crippen molar-refractivity contribution in [3.8, 4) is 5.75 Å². The van der Waals surface area contributed by atoms with E-state index in [4.69, 9.17) is 14.5 Å². The highest BCUT2D eigenvalue weighted by Gasteiger charge is 2.41. The van der Waals surface area contributed by atoms with Crippen molar-refractivity contribution in [2.45, 2.75) is 75.5 Å². The highest BCUT2D eigenvalue weighted by atomic mass is 16.5. The maximum Gasteiger partial charge on any atom is 0.325 e. The van der Waals surface area contributed by atoms with Crippen molar-refractivity contribution in [3.05, 3.63) is 52.7 Å². The first-order valence-corrected chi connectivity index (χ1v) is 13.5. The number of carboxylic acids is 1. The third-order valence-electron chi connectivity index (χ3n) is 7.75. The fraction of sp³-hybridized carbons (Fsp3) is 0.586. The molecule has 0 bridgehead atoms. The third-order valence-corrected chi connectivity index (χ3v) is 7.75. The molecular formula is C29H39N3O5. The largest absolute Gasteiger partial charge is 0.496 e. The minimum atomic E-state index is -0.815. The molecule has 3 N–H and O–H groups in total. The molecule has 200 valence electrons. The summed E-state index contributed by atoms with van der Waals surface area (Å²) in [5.74, 6) is 1.30. The Morgan fingerprint density at radius 2 is 2.03 bits per heavy atom. The van der Waals surface area contributed by atoms with Crippen LogP contribution in [0, 0.1) is 0 Å². The molecule has 0 spiro atoms. The minimum Gasteiger partial charge on any atom is -0.496 e. The van der Waals surface area contributed by atoms with Crippen LogP contribution >= 0.6 is 0 Å². The lowest BCUT2D eigenvalue weighted by atomic mass is 9.93. The van der Waals surface area contributed by atoms with E-state index in [1.54, 1.807) is 7.11 Å². The predicted molar refractivity (Wildman–Crippen MR) is 141 cm³/mol. The van der Waals surface area contributed by atoms with Crippen molar-refractivity contribution in [3.63, 3.8) is 0 Å². The van der Waals surface area contributed by atoms with Crippen LogP contribution in [0.4, 0.5) is 5.82 Å². The van der Waals surface area contributed by atoms with Crippen LogP contribution in [-0.4, -0.2) is 71.1 Å². The number of nitrogens with one attached hydrogen (secondary N) is 1. The Morgan fingerprint density at radius 1 is 1.22 bits per heavy atom. The second kappa shape index (κ2) is 11.0. The quantitative estimate of drug-likeness (QED) is 0.370. The van der Waals surface area contributed by atoms with Gasteiger partial charge < -0.3 is 25.0 Å². The van der Waals surface area contributed by atoms with Crippen LogP contribution in [-0.2, 0) is 22.4 Å². The molecule has 3 heterocycles. The maximum atomic E-state index is 12.2. The molecule has 0 amide bonds. The number of aryl methyl sites for hydroxylation is 1. The summed E-state index contributed by atoms with van der Waals surface area (Å²) in [5.41, 5.74) is 3.37. The lowest BCUT2D eigenvalue weighted by molar-refractivity contribution is -0.151. The van der Waals surface area contributed by atoms with Gasteiger partial charge in [0.1, 0.15) is 17.6 Å². The fourth-order valence-corrected chi connectivity index (χ4v) is 5.60. The minimum absolute atomic E-state index is 0.0856. The van der Waals surface area contributed by atoms with Crippen LogP contribution in [0.25, 0.3) is 0 Å². The van der Waals surface area contributed by atoms with Crippen LogP contribution in [0.2, 0.25) is 0 Å². The van der Waals surface area contributed by atoms with Crippen molar-refractivity contribution in [2.75, 3.05) is 38.7 Å². The van der Waals surface area contributed by atoms with Gasteiger partial charge in [-0.25, -0.2) is 4.98 Å². The van der Waals surface area contributed by atoms with Gasteiger partial charge in [0.15, 0.2) is 0 Å². The fourth-order valence-electron chi connectivity index (χ4n) is 5.60. The summed E-state index contributed by atoms with van der Waals surface area (Å²) in [5, 5.41) is 23.5. The number of ether oxygens (including phenoxy) is 2. The predicted octanol–water partition coefficient (Wildman–Crippen LogP) is 3.93. The molecule has 5 rings (SSSR count). The van der Waals surface area contributed by atoms with Gasteiger partial charge in [0, 0.05) is 43.9 Å². The molecule has 2 unspecified atom stereocenters. The Labute approximate surface area is 219 Å². The Kier molecular flexibility index (Phi) is 7.70. The van der Waals surface area contributed by atoms with E-state index in [1.165, 1.54) is 0 Å². The highest BCUT2D eigenvalue weighted by Crippen LogP contribution is 2.48. The number of rotatable bonds is 12. The molecule has 1 aromatic carbocycles. The van der Waals surface area contributed by atoms with Gasteiger partial charge in [-0.2, -0.15) is 0 Å². The van der Waals surface area contributed by atoms with Crippen LogP contribution in [0.5, 0.6) is 5.75 Å². The Balaban J connectivity index is 1.04. The number of fused-ring (bicyclic) bond motifs is 1. The molecule has 2 atom stereocenters. The SMILES string of the molecule is COc1cccc(C(C(=O)O)N2CC(OCCCCCc3ccc4c(n3)NCC(C)(O)C4)C2)c1C1CC1. The second-order valence-electron chi connectivity index (χ2n) is 11.1. The number of aliphatic hydroxyl groups is 1. The standard InChI is InChI=1S/C29H39N3O5/c1-29(35)15-20-12-13-21(31-27(20)30-18-29)7-4-3-5-14-37-22-16-32(17-22)26(28(33)34)23-8-6-9-24(36-2)25(23)19-10-11-19/h6,8-9,12-13,19,22,26,35H,3-5,7,10-11,14-18H2,1-2H3,(H,30,31)(H,33,34). The number of β-amino-alcohol motifs (C(OH)–C–C–N with tert-alkyl or cyclic N) is 1. The number of benzene rings is 1. The summed E-state index contributed by atoms with van der Waals surface area (Å²) in [6.07, 6.45) is 6.91. The van der Waals surface area contributed by atoms with E-state index in [9.17, 15) is 15.0 Å². The number of pyridine rings is 1. The van der Waals surface area contributed by atoms with E-state index in [2.05, 4.69) is 17.4 Å². The molecule has 37 heavy (non-hydrogen) atoms. The van der Waals surface area contributed by atoms with Gasteiger partial charge in [-0.3, -0.25) is 9.69 Å². The number of unbranched alkanes of at least 4 members (excludes halogenated alkanes) is 2. The number of methoxy groups -OCH3 is 1. The summed E-state index contributed by atoms with van der Waals surface area (Å²) < 4.78 is 11.6. The van der Waals surface area contributed by atoms with Gasteiger partial charge in [-0.1, -0.05) is 24.6 Å². The van der Waals surface area contributed by atoms with Crippen molar-refractivity contribution in [1.82, 2.24) is 9.88 Å². The van der Waals surface area contributed by atoms with Gasteiger partial charge in [0.2, 0.25) is 0 Å². The number of carbonyl (C=O) groups is 1. The number of anilines is 1. The van der Waals surface area contributed by atoms with E-state index in [-0.39, 0.29) is 6.10 Å². The van der Waals surface area contributed by atoms with Crippen molar-refractivity contribution in [1.29, 1.82) is 0 Å². The number of likely N-dealkylation sites (tertiary alicyclic amines) is 1. The molecule has 8 heteroatoms. The van der Waals surface area contributed by atoms with Gasteiger partial charge in [0.25, 0.3) is 0 Å². The first kappa shape index (κ1) is 25.9. The average Bonchev–Trinajstić information content (AvgIpc) is 3.68. The van der Waals surface area contributed by atoms with Crippen LogP contribution in [0.15, 0.2) is 30.3 Å². The van der Waals surface area contributed by atoms with E-state index < -0.39 is 17.6 Å². The Bertz CT molecular complexity index is 1110. The molecule has 1 saturated heterocycles. The molecule has 3 aliphatic rings. The molecule has 1 aliphatic carbocycles. The lowest BCUT2D eigenvalue weighted by Crippen LogP contribution is -2.55. The number of carboxylic acid groups (broad SMARTS) is 1. The first-order chi connectivity index (χ1) is 17.8. The number of hydrogen-bond donors (Lipinski definition) is 3. The summed E-state index contributed by atoms with van der Waals surface area (Å²) in [7, 11) is 1.65. The molecular weight excluding hydrogens is 470 g/mol. The van der Waals surface area contributed by atoms with Crippen molar-refractivity contribution in [2.24, 2.45) is 0 Å². The molecule has 2 fully saturated rings. The van der Waals surface area contributed by atoms with E-state index in [1.807, 2.05) is 30.0 Å². The van der Waals surface area contributed by atoms with Crippen LogP contribution in [0.1, 0.15) is 73.4 Å². The molecule has 0 radical (unpaired) electrons. The van der Waals surface area contributed by atoms with E-state index in [0.29, 0.717) is 38.6 Å². The number of nitrogens with zero attached hydrogens (tertiary/aromatic N) is 2. The van der Waals surface area contributed by atoms with E-state index in [0.717, 1.165) is 72.5 Å². The molecule has 2 aliphatic heterocycles. The average molecular weight is 510 g/mol. The summed E-state index contributed by atoms with van der Waals surface area (Å²) in [6.45, 7) is 4.34. The van der Waals surface area contributed by atoms with Crippen molar-refractivity contribution < 1.29 is 24.5 Å². The third kappa shape index (κ3) is 6.08. The van der Waals surface area contributed by atoms with Crippen LogP contribution < -0.4 is 10.1 Å². The van der Waals surface area contributed by atoms with Crippen molar-refractivity contribution >= 4 is 11.8 Å². The number of hydrogen-bond acceptors (Lipinski definition) is 7. The van der Waals surface area contributed by atoms with Gasteiger partial charge in [0.05, 0.1) is 18.8 Å². The summed E-state index contributed by atoms with van der Waals surface area (Å²) in [4.78, 5) is 19.0. The highest BCUT2D eigenvalue weighted by molar-refractivity contribution is 5.77. The zero-order chi connectivity index (χ0) is 26.0. The Morgan fingerprint density at radius 3 is 2.76 bits per heavy atom. The zero-order valence-electron chi connectivity index (χ0n) is 21.9. The summed E-state index contributed by atoms with van der Waals surface area (Å²) in [6, 6.07) is 9.26. The van der Waals surface area contributed by atoms with Crippen LogP contribution in [0.3, 0.4) is 0 Å². The molecule has 8 nitrogen and oxygen atoms in total. The second-order valence-corrected chi connectivity index (χ2v) is 11.1. The number of aromatic nitrogens is 1. The normalized spacial score (nSPS) is 22.6. The van der Waals surface area contributed by atoms with E-state index >= 15 is 0 Å². The monoisotopic (exact) mass is 509 g/mol. The zero-order valence-corrected chi connectivity index (χ0v) is 21.9. The molecule has 1 saturated carbocycles. The van der Waals surface area contributed by atoms with Gasteiger partial charge >= 0.3 is 5.97 Å². The van der Waals surface area contributed by atoms with Gasteiger partial charge in [-0.05, 0) is 68.2 Å². The maximum absolute atomic E-state index is 12.2. The number of aliphatic carboxylic acids is 1. The van der Waals surface area contributed by atoms with Gasteiger partial charge in [-0.15, -0.1) is 0 Å². The Hall–Kier alpha value is -2.68. The molecule has 1 aromatic heterocycles. The summed E-state index contributed by atoms with van der Waals surface area (Å²) >= 11 is 0. The first-order valence-electron chi connectivity index (χ1n) is 13.5. The molecule has 2 aromatic rings.